The quantitative estimate of drug-likeness (QED) is 0.101. The highest BCUT2D eigenvalue weighted by molar-refractivity contribution is 5.91. The number of esters is 4. The van der Waals surface area contributed by atoms with Gasteiger partial charge in [-0.3, -0.25) is 19.2 Å². The molecule has 0 amide bonds. The van der Waals surface area contributed by atoms with Crippen molar-refractivity contribution < 1.29 is 38.1 Å². The highest BCUT2D eigenvalue weighted by atomic mass is 16.5. The van der Waals surface area contributed by atoms with E-state index in [2.05, 4.69) is 0 Å². The third kappa shape index (κ3) is 8.67. The summed E-state index contributed by atoms with van der Waals surface area (Å²) in [6, 6.07) is 33.1. The van der Waals surface area contributed by atoms with Gasteiger partial charge in [0.2, 0.25) is 0 Å². The third-order valence-corrected chi connectivity index (χ3v) is 9.54. The molecule has 296 valence electrons. The zero-order valence-electron chi connectivity index (χ0n) is 33.0. The van der Waals surface area contributed by atoms with Gasteiger partial charge in [0.25, 0.3) is 0 Å². The molecule has 2 aromatic heterocycles. The summed E-state index contributed by atoms with van der Waals surface area (Å²) in [4.78, 5) is 66.8. The topological polar surface area (TPSA) is 157 Å². The number of fused-ring (bicyclic) bond motifs is 2. The fourth-order valence-corrected chi connectivity index (χ4v) is 6.94. The maximum Gasteiger partial charge on any atom is 0.308 e. The first-order valence-corrected chi connectivity index (χ1v) is 19.0. The fourth-order valence-electron chi connectivity index (χ4n) is 6.94. The lowest BCUT2D eigenvalue weighted by Gasteiger charge is -2.19. The Labute approximate surface area is 344 Å². The van der Waals surface area contributed by atoms with Gasteiger partial charge in [-0.15, -0.1) is 0 Å². The first-order chi connectivity index (χ1) is 28.9. The number of allylic oxidation sites excluding steroid dienone is 3. The zero-order valence-corrected chi connectivity index (χ0v) is 33.0. The van der Waals surface area contributed by atoms with E-state index in [4.69, 9.17) is 38.9 Å². The van der Waals surface area contributed by atoms with Crippen LogP contribution in [0.1, 0.15) is 45.7 Å². The van der Waals surface area contributed by atoms with Crippen molar-refractivity contribution >= 4 is 45.9 Å². The Balaban J connectivity index is 1.20. The molecule has 2 heterocycles. The molecule has 0 saturated heterocycles. The number of hydrogen-bond donors (Lipinski definition) is 0. The van der Waals surface area contributed by atoms with Gasteiger partial charge in [-0.05, 0) is 127 Å². The number of benzene rings is 5. The van der Waals surface area contributed by atoms with Crippen LogP contribution in [-0.4, -0.2) is 43.8 Å². The average Bonchev–Trinajstić information content (AvgIpc) is 3.23. The molecule has 0 radical (unpaired) electrons. The number of ether oxygens (including phenoxy) is 4. The minimum Gasteiger partial charge on any atom is -0.427 e. The highest BCUT2D eigenvalue weighted by Crippen LogP contribution is 2.37. The molecule has 5 aromatic carbocycles. The fraction of sp³-hybridized carbons (Fsp3) is 0.125. The van der Waals surface area contributed by atoms with E-state index in [1.54, 1.807) is 42.5 Å². The molecule has 1 atom stereocenters. The second-order valence-corrected chi connectivity index (χ2v) is 14.0. The molecule has 0 spiro atoms. The molecule has 12 heteroatoms. The number of nitrogens with zero attached hydrogens (tertiary/aromatic N) is 4. The number of aromatic nitrogens is 4. The summed E-state index contributed by atoms with van der Waals surface area (Å²) in [7, 11) is 0. The second-order valence-electron chi connectivity index (χ2n) is 14.0. The standard InChI is InChI=1S/C48H36N4O8/c1-27(53)57-37-15-5-31(6-16-37)45-47(33-9-19-39(20-10-33)59-29(3)55)51-43-25-35(13-23-41(43)49-45)36-14-24-42-44(26-36)52-48(34-11-21-40(22-12-34)60-30(4)56)46(50-42)32-7-17-38(18-8-32)58-28(2)54/h5-11,13-26,34H,12H2,1-4H3. The Hall–Kier alpha value is -7.86. The molecule has 0 saturated carbocycles. The van der Waals surface area contributed by atoms with Crippen molar-refractivity contribution in [2.24, 2.45) is 0 Å². The van der Waals surface area contributed by atoms with Crippen molar-refractivity contribution in [3.05, 3.63) is 139 Å². The molecule has 1 aliphatic rings. The predicted molar refractivity (Wildman–Crippen MR) is 225 cm³/mol. The summed E-state index contributed by atoms with van der Waals surface area (Å²) in [5.41, 5.74) is 9.37. The zero-order chi connectivity index (χ0) is 41.9. The van der Waals surface area contributed by atoms with Crippen LogP contribution >= 0.6 is 0 Å². The van der Waals surface area contributed by atoms with E-state index in [1.807, 2.05) is 84.9 Å². The van der Waals surface area contributed by atoms with Crippen molar-refractivity contribution in [3.63, 3.8) is 0 Å². The van der Waals surface area contributed by atoms with Crippen LogP contribution < -0.4 is 14.2 Å². The third-order valence-electron chi connectivity index (χ3n) is 9.54. The molecule has 60 heavy (non-hydrogen) atoms. The van der Waals surface area contributed by atoms with E-state index >= 15 is 0 Å². The van der Waals surface area contributed by atoms with Crippen molar-refractivity contribution in [2.75, 3.05) is 0 Å². The van der Waals surface area contributed by atoms with Crippen LogP contribution in [0.2, 0.25) is 0 Å². The molecule has 8 rings (SSSR count). The SMILES string of the molecule is CC(=O)OC1=CCC(c2nc3cc(-c4ccc5nc(-c6ccc(OC(C)=O)cc6)c(-c6ccc(OC(C)=O)cc6)nc5c4)ccc3nc2-c2ccc(OC(C)=O)cc2)C=C1. The van der Waals surface area contributed by atoms with Crippen molar-refractivity contribution in [3.8, 4) is 62.1 Å². The van der Waals surface area contributed by atoms with Crippen LogP contribution in [0.5, 0.6) is 17.2 Å². The smallest absolute Gasteiger partial charge is 0.308 e. The Morgan fingerprint density at radius 2 is 0.833 bits per heavy atom. The number of hydrogen-bond acceptors (Lipinski definition) is 12. The van der Waals surface area contributed by atoms with E-state index in [0.717, 1.165) is 33.5 Å². The second kappa shape index (κ2) is 16.5. The summed E-state index contributed by atoms with van der Waals surface area (Å²) in [6.45, 7) is 5.42. The highest BCUT2D eigenvalue weighted by Gasteiger charge is 2.22. The summed E-state index contributed by atoms with van der Waals surface area (Å²) < 4.78 is 21.1. The maximum absolute atomic E-state index is 11.6. The number of carbonyl (C=O) groups excluding carboxylic acids is 4. The van der Waals surface area contributed by atoms with Crippen molar-refractivity contribution in [2.45, 2.75) is 40.0 Å². The van der Waals surface area contributed by atoms with E-state index in [1.165, 1.54) is 27.7 Å². The van der Waals surface area contributed by atoms with Gasteiger partial charge in [0.15, 0.2) is 0 Å². The van der Waals surface area contributed by atoms with Gasteiger partial charge in [-0.2, -0.15) is 0 Å². The van der Waals surface area contributed by atoms with Crippen LogP contribution in [0.3, 0.4) is 0 Å². The Kier molecular flexibility index (Phi) is 10.8. The van der Waals surface area contributed by atoms with Crippen LogP contribution in [0.15, 0.2) is 133 Å². The van der Waals surface area contributed by atoms with E-state index < -0.39 is 23.9 Å². The summed E-state index contributed by atoms with van der Waals surface area (Å²) >= 11 is 0. The van der Waals surface area contributed by atoms with Gasteiger partial charge in [0.05, 0.1) is 44.8 Å². The average molecular weight is 797 g/mol. The molecule has 12 nitrogen and oxygen atoms in total. The largest absolute Gasteiger partial charge is 0.427 e. The summed E-state index contributed by atoms with van der Waals surface area (Å²) in [6.07, 6.45) is 6.13. The lowest BCUT2D eigenvalue weighted by molar-refractivity contribution is -0.136. The predicted octanol–water partition coefficient (Wildman–Crippen LogP) is 9.51. The minimum atomic E-state index is -0.421. The lowest BCUT2D eigenvalue weighted by Crippen LogP contribution is -2.08. The molecular weight excluding hydrogens is 761 g/mol. The van der Waals surface area contributed by atoms with E-state index in [0.29, 0.717) is 68.6 Å². The molecule has 1 aliphatic carbocycles. The van der Waals surface area contributed by atoms with Gasteiger partial charge in [-0.25, -0.2) is 19.9 Å². The maximum atomic E-state index is 11.6. The van der Waals surface area contributed by atoms with Crippen LogP contribution in [-0.2, 0) is 23.9 Å². The van der Waals surface area contributed by atoms with E-state index in [9.17, 15) is 19.2 Å². The monoisotopic (exact) mass is 796 g/mol. The normalized spacial score (nSPS) is 13.4. The first-order valence-electron chi connectivity index (χ1n) is 19.0. The van der Waals surface area contributed by atoms with Crippen molar-refractivity contribution in [1.82, 2.24) is 19.9 Å². The molecule has 0 aliphatic heterocycles. The molecular formula is C48H36N4O8. The lowest BCUT2D eigenvalue weighted by atomic mass is 9.92. The Bertz CT molecular complexity index is 2900. The van der Waals surface area contributed by atoms with Crippen molar-refractivity contribution in [1.29, 1.82) is 0 Å². The molecule has 0 bridgehead atoms. The number of carbonyl (C=O) groups is 4. The number of rotatable bonds is 9. The molecule has 1 unspecified atom stereocenters. The van der Waals surface area contributed by atoms with Gasteiger partial charge in [0.1, 0.15) is 23.0 Å². The van der Waals surface area contributed by atoms with Gasteiger partial charge in [-0.1, -0.05) is 18.2 Å². The summed E-state index contributed by atoms with van der Waals surface area (Å²) in [5, 5.41) is 0. The van der Waals surface area contributed by atoms with Crippen LogP contribution in [0, 0.1) is 0 Å². The molecule has 7 aromatic rings. The van der Waals surface area contributed by atoms with E-state index in [-0.39, 0.29) is 5.92 Å². The first kappa shape index (κ1) is 39.0. The summed E-state index contributed by atoms with van der Waals surface area (Å²) in [5.74, 6) is -0.0860. The van der Waals surface area contributed by atoms with Gasteiger partial charge < -0.3 is 18.9 Å². The van der Waals surface area contributed by atoms with Gasteiger partial charge in [0, 0.05) is 50.3 Å². The Morgan fingerprint density at radius 1 is 0.450 bits per heavy atom. The van der Waals surface area contributed by atoms with Gasteiger partial charge >= 0.3 is 23.9 Å². The van der Waals surface area contributed by atoms with Crippen LogP contribution in [0.25, 0.3) is 67.0 Å². The molecule has 0 N–H and O–H groups in total. The van der Waals surface area contributed by atoms with Crippen LogP contribution in [0.4, 0.5) is 0 Å². The minimum absolute atomic E-state index is 0.169. The Morgan fingerprint density at radius 3 is 1.25 bits per heavy atom. The molecule has 0 fully saturated rings.